The minimum absolute atomic E-state index is 0.138. The number of amides is 1. The zero-order valence-corrected chi connectivity index (χ0v) is 13.3. The van der Waals surface area contributed by atoms with Crippen LogP contribution < -0.4 is 10.6 Å². The number of hydrogen-bond acceptors (Lipinski definition) is 3. The Morgan fingerprint density at radius 2 is 2.17 bits per heavy atom. The Kier molecular flexibility index (Phi) is 5.20. The second kappa shape index (κ2) is 7.53. The van der Waals surface area contributed by atoms with Crippen molar-refractivity contribution in [3.8, 4) is 0 Å². The van der Waals surface area contributed by atoms with E-state index in [9.17, 15) is 13.6 Å². The van der Waals surface area contributed by atoms with Crippen LogP contribution in [0.4, 0.5) is 8.78 Å². The molecule has 0 bridgehead atoms. The number of nitrogens with one attached hydrogen (secondary N) is 2. The van der Waals surface area contributed by atoms with Gasteiger partial charge in [0.05, 0.1) is 11.4 Å². The average Bonchev–Trinajstić information content (AvgIpc) is 2.83. The van der Waals surface area contributed by atoms with Crippen molar-refractivity contribution in [2.24, 2.45) is 0 Å². The Labute approximate surface area is 139 Å². The van der Waals surface area contributed by atoms with Crippen molar-refractivity contribution >= 4 is 5.91 Å². The van der Waals surface area contributed by atoms with Gasteiger partial charge in [-0.3, -0.25) is 9.48 Å². The molecule has 2 N–H and O–H groups in total. The molecule has 7 heteroatoms. The van der Waals surface area contributed by atoms with Gasteiger partial charge in [0, 0.05) is 32.5 Å². The lowest BCUT2D eigenvalue weighted by Gasteiger charge is -2.05. The highest BCUT2D eigenvalue weighted by atomic mass is 19.2. The summed E-state index contributed by atoms with van der Waals surface area (Å²) in [7, 11) is 0. The summed E-state index contributed by atoms with van der Waals surface area (Å²) in [4.78, 5) is 11.9. The van der Waals surface area contributed by atoms with Crippen LogP contribution in [0.15, 0.2) is 24.3 Å². The summed E-state index contributed by atoms with van der Waals surface area (Å²) in [5.74, 6) is -1.94. The largest absolute Gasteiger partial charge is 0.352 e. The predicted molar refractivity (Wildman–Crippen MR) is 85.1 cm³/mol. The van der Waals surface area contributed by atoms with Gasteiger partial charge in [0.15, 0.2) is 11.6 Å². The van der Waals surface area contributed by atoms with Crippen LogP contribution in [0.5, 0.6) is 0 Å². The highest BCUT2D eigenvalue weighted by Crippen LogP contribution is 2.11. The second-order valence-electron chi connectivity index (χ2n) is 5.91. The lowest BCUT2D eigenvalue weighted by Crippen LogP contribution is -2.23. The van der Waals surface area contributed by atoms with E-state index >= 15 is 0 Å². The number of aryl methyl sites for hydroxylation is 2. The van der Waals surface area contributed by atoms with Gasteiger partial charge in [-0.2, -0.15) is 5.10 Å². The predicted octanol–water partition coefficient (Wildman–Crippen LogP) is 1.90. The van der Waals surface area contributed by atoms with Crippen molar-refractivity contribution < 1.29 is 13.6 Å². The summed E-state index contributed by atoms with van der Waals surface area (Å²) in [5.41, 5.74) is 2.57. The maximum atomic E-state index is 13.1. The fourth-order valence-electron chi connectivity index (χ4n) is 2.72. The lowest BCUT2D eigenvalue weighted by molar-refractivity contribution is -0.121. The second-order valence-corrected chi connectivity index (χ2v) is 5.91. The third-order valence-corrected chi connectivity index (χ3v) is 4.03. The van der Waals surface area contributed by atoms with Crippen molar-refractivity contribution in [1.29, 1.82) is 0 Å². The van der Waals surface area contributed by atoms with Crippen molar-refractivity contribution in [3.63, 3.8) is 0 Å². The van der Waals surface area contributed by atoms with Crippen LogP contribution in [-0.4, -0.2) is 22.2 Å². The number of carbonyl (C=O) groups is 1. The molecule has 1 aromatic carbocycles. The van der Waals surface area contributed by atoms with E-state index in [1.54, 1.807) is 0 Å². The van der Waals surface area contributed by atoms with Gasteiger partial charge in [0.2, 0.25) is 5.91 Å². The SMILES string of the molecule is O=C(CCc1cc2n(n1)CCCNC2)NCc1ccc(F)c(F)c1. The maximum Gasteiger partial charge on any atom is 0.220 e. The van der Waals surface area contributed by atoms with Gasteiger partial charge >= 0.3 is 0 Å². The normalized spacial score (nSPS) is 14.1. The molecule has 0 spiro atoms. The van der Waals surface area contributed by atoms with Gasteiger partial charge in [-0.1, -0.05) is 6.07 Å². The first kappa shape index (κ1) is 16.6. The summed E-state index contributed by atoms with van der Waals surface area (Å²) >= 11 is 0. The number of benzene rings is 1. The van der Waals surface area contributed by atoms with E-state index in [4.69, 9.17) is 0 Å². The molecule has 5 nitrogen and oxygen atoms in total. The molecule has 2 heterocycles. The summed E-state index contributed by atoms with van der Waals surface area (Å²) in [6, 6.07) is 5.64. The third-order valence-electron chi connectivity index (χ3n) is 4.03. The van der Waals surface area contributed by atoms with Crippen LogP contribution in [0.2, 0.25) is 0 Å². The minimum atomic E-state index is -0.908. The molecule has 1 aliphatic heterocycles. The topological polar surface area (TPSA) is 59.0 Å². The Hall–Kier alpha value is -2.28. The van der Waals surface area contributed by atoms with Gasteiger partial charge in [-0.15, -0.1) is 0 Å². The molecule has 0 radical (unpaired) electrons. The van der Waals surface area contributed by atoms with E-state index in [1.807, 2.05) is 10.7 Å². The molecule has 0 aliphatic carbocycles. The Balaban J connectivity index is 1.48. The van der Waals surface area contributed by atoms with E-state index in [0.29, 0.717) is 18.4 Å². The number of halogens is 2. The van der Waals surface area contributed by atoms with E-state index in [2.05, 4.69) is 15.7 Å². The van der Waals surface area contributed by atoms with E-state index in [1.165, 1.54) is 6.07 Å². The molecule has 0 unspecified atom stereocenters. The van der Waals surface area contributed by atoms with Gasteiger partial charge in [-0.25, -0.2) is 8.78 Å². The molecule has 2 aromatic rings. The minimum Gasteiger partial charge on any atom is -0.352 e. The molecule has 0 fully saturated rings. The van der Waals surface area contributed by atoms with Crippen LogP contribution >= 0.6 is 0 Å². The van der Waals surface area contributed by atoms with E-state index in [-0.39, 0.29) is 12.5 Å². The van der Waals surface area contributed by atoms with Gasteiger partial charge < -0.3 is 10.6 Å². The van der Waals surface area contributed by atoms with Crippen LogP contribution in [-0.2, 0) is 30.8 Å². The monoisotopic (exact) mass is 334 g/mol. The highest BCUT2D eigenvalue weighted by Gasteiger charge is 2.12. The molecule has 1 aliphatic rings. The van der Waals surface area contributed by atoms with Gasteiger partial charge in [-0.05, 0) is 36.7 Å². The Bertz CT molecular complexity index is 706. The standard InChI is InChI=1S/C17H20F2N4O/c18-15-4-2-12(8-16(15)19)10-21-17(24)5-3-13-9-14-11-20-6-1-7-23(14)22-13/h2,4,8-9,20H,1,3,5-7,10-11H2,(H,21,24). The number of aromatic nitrogens is 2. The Morgan fingerprint density at radius 1 is 1.29 bits per heavy atom. The number of fused-ring (bicyclic) bond motifs is 1. The average molecular weight is 334 g/mol. The molecule has 0 saturated carbocycles. The lowest BCUT2D eigenvalue weighted by atomic mass is 10.2. The van der Waals surface area contributed by atoms with Gasteiger partial charge in [0.1, 0.15) is 0 Å². The summed E-state index contributed by atoms with van der Waals surface area (Å²) in [5, 5.41) is 10.6. The number of nitrogens with zero attached hydrogens (tertiary/aromatic N) is 2. The first-order valence-electron chi connectivity index (χ1n) is 8.09. The van der Waals surface area contributed by atoms with Crippen molar-refractivity contribution in [1.82, 2.24) is 20.4 Å². The van der Waals surface area contributed by atoms with Crippen LogP contribution in [0.1, 0.15) is 29.8 Å². The van der Waals surface area contributed by atoms with Crippen LogP contribution in [0.3, 0.4) is 0 Å². The summed E-state index contributed by atoms with van der Waals surface area (Å²) in [6.07, 6.45) is 1.92. The molecule has 24 heavy (non-hydrogen) atoms. The quantitative estimate of drug-likeness (QED) is 0.878. The molecule has 128 valence electrons. The van der Waals surface area contributed by atoms with Crippen molar-refractivity contribution in [2.45, 2.75) is 38.9 Å². The number of carbonyl (C=O) groups excluding carboxylic acids is 1. The third kappa shape index (κ3) is 4.17. The fourth-order valence-corrected chi connectivity index (χ4v) is 2.72. The molecule has 1 aromatic heterocycles. The first-order valence-corrected chi connectivity index (χ1v) is 8.09. The summed E-state index contributed by atoms with van der Waals surface area (Å²) in [6.45, 7) is 2.87. The maximum absolute atomic E-state index is 13.1. The zero-order chi connectivity index (χ0) is 16.9. The fraction of sp³-hybridized carbons (Fsp3) is 0.412. The molecular weight excluding hydrogens is 314 g/mol. The van der Waals surface area contributed by atoms with Crippen LogP contribution in [0, 0.1) is 11.6 Å². The van der Waals surface area contributed by atoms with Gasteiger partial charge in [0.25, 0.3) is 0 Å². The highest BCUT2D eigenvalue weighted by molar-refractivity contribution is 5.76. The number of rotatable bonds is 5. The summed E-state index contributed by atoms with van der Waals surface area (Å²) < 4.78 is 28.0. The molecular formula is C17H20F2N4O. The molecule has 3 rings (SSSR count). The number of hydrogen-bond donors (Lipinski definition) is 2. The first-order chi connectivity index (χ1) is 11.6. The smallest absolute Gasteiger partial charge is 0.220 e. The van der Waals surface area contributed by atoms with E-state index in [0.717, 1.165) is 49.6 Å². The molecule has 1 amide bonds. The van der Waals surface area contributed by atoms with E-state index < -0.39 is 11.6 Å². The van der Waals surface area contributed by atoms with Crippen molar-refractivity contribution in [2.75, 3.05) is 6.54 Å². The van der Waals surface area contributed by atoms with Crippen molar-refractivity contribution in [3.05, 3.63) is 52.9 Å². The Morgan fingerprint density at radius 3 is 3.00 bits per heavy atom. The molecule has 0 saturated heterocycles. The van der Waals surface area contributed by atoms with Crippen LogP contribution in [0.25, 0.3) is 0 Å². The molecule has 0 atom stereocenters. The zero-order valence-electron chi connectivity index (χ0n) is 13.3.